The van der Waals surface area contributed by atoms with Crippen LogP contribution < -0.4 is 5.32 Å². The van der Waals surface area contributed by atoms with E-state index in [1.165, 1.54) is 24.8 Å². The lowest BCUT2D eigenvalue weighted by Crippen LogP contribution is -2.52. The molecule has 0 spiro atoms. The monoisotopic (exact) mass is 293 g/mol. The smallest absolute Gasteiger partial charge is 0.0408 e. The van der Waals surface area contributed by atoms with E-state index in [0.717, 1.165) is 24.0 Å². The van der Waals surface area contributed by atoms with Crippen molar-refractivity contribution >= 4 is 11.6 Å². The van der Waals surface area contributed by atoms with E-state index in [4.69, 9.17) is 11.6 Å². The third kappa shape index (κ3) is 3.38. The molecule has 0 atom stereocenters. The molecule has 1 aliphatic rings. The van der Waals surface area contributed by atoms with Gasteiger partial charge in [-0.1, -0.05) is 51.4 Å². The number of rotatable bonds is 5. The molecule has 20 heavy (non-hydrogen) atoms. The molecule has 1 fully saturated rings. The van der Waals surface area contributed by atoms with E-state index < -0.39 is 0 Å². The summed E-state index contributed by atoms with van der Waals surface area (Å²) >= 11 is 6.20. The third-order valence-electron chi connectivity index (χ3n) is 4.83. The topological polar surface area (TPSA) is 12.0 Å². The van der Waals surface area contributed by atoms with Crippen molar-refractivity contribution in [3.05, 3.63) is 34.9 Å². The summed E-state index contributed by atoms with van der Waals surface area (Å²) < 4.78 is 0. The zero-order chi connectivity index (χ0) is 14.8. The molecular formula is C18H28ClN. The molecule has 0 unspecified atom stereocenters. The fourth-order valence-corrected chi connectivity index (χ4v) is 3.49. The molecule has 1 saturated carbocycles. The van der Waals surface area contributed by atoms with E-state index in [1.807, 2.05) is 6.07 Å². The van der Waals surface area contributed by atoms with E-state index in [-0.39, 0.29) is 5.41 Å². The Kier molecular flexibility index (Phi) is 4.81. The van der Waals surface area contributed by atoms with E-state index in [0.29, 0.717) is 5.41 Å². The Hall–Kier alpha value is -0.530. The predicted molar refractivity (Wildman–Crippen MR) is 88.5 cm³/mol. The Labute approximate surface area is 129 Å². The molecule has 0 aromatic heterocycles. The van der Waals surface area contributed by atoms with Crippen LogP contribution in [0, 0.1) is 11.3 Å². The van der Waals surface area contributed by atoms with Gasteiger partial charge in [-0.25, -0.2) is 0 Å². The molecule has 0 heterocycles. The maximum absolute atomic E-state index is 6.20. The molecule has 0 radical (unpaired) electrons. The predicted octanol–water partition coefficient (Wildman–Crippen LogP) is 5.03. The first kappa shape index (κ1) is 15.9. The summed E-state index contributed by atoms with van der Waals surface area (Å²) in [5, 5.41) is 4.48. The van der Waals surface area contributed by atoms with E-state index >= 15 is 0 Å². The number of hydrogen-bond donors (Lipinski definition) is 1. The van der Waals surface area contributed by atoms with Crippen molar-refractivity contribution in [3.63, 3.8) is 0 Å². The van der Waals surface area contributed by atoms with Crippen LogP contribution in [0.1, 0.15) is 52.5 Å². The van der Waals surface area contributed by atoms with Crippen LogP contribution in [0.25, 0.3) is 0 Å². The van der Waals surface area contributed by atoms with Gasteiger partial charge >= 0.3 is 0 Å². The molecule has 0 bridgehead atoms. The second kappa shape index (κ2) is 6.07. The average molecular weight is 294 g/mol. The van der Waals surface area contributed by atoms with Crippen LogP contribution in [0.5, 0.6) is 0 Å². The lowest BCUT2D eigenvalue weighted by molar-refractivity contribution is 0.0450. The van der Waals surface area contributed by atoms with Gasteiger partial charge in [-0.15, -0.1) is 0 Å². The Morgan fingerprint density at radius 3 is 2.55 bits per heavy atom. The molecule has 1 N–H and O–H groups in total. The number of hydrogen-bond acceptors (Lipinski definition) is 1. The summed E-state index contributed by atoms with van der Waals surface area (Å²) in [6, 6.07) is 8.47. The zero-order valence-electron chi connectivity index (χ0n) is 13.3. The highest BCUT2D eigenvalue weighted by Gasteiger charge is 2.49. The highest BCUT2D eigenvalue weighted by atomic mass is 35.5. The minimum absolute atomic E-state index is 0.290. The zero-order valence-corrected chi connectivity index (χ0v) is 14.1. The van der Waals surface area contributed by atoms with Crippen LogP contribution in [-0.4, -0.2) is 13.1 Å². The van der Waals surface area contributed by atoms with Gasteiger partial charge < -0.3 is 5.32 Å². The molecule has 112 valence electrons. The summed E-state index contributed by atoms with van der Waals surface area (Å²) in [5.74, 6) is 0.810. The maximum atomic E-state index is 6.20. The van der Waals surface area contributed by atoms with Crippen molar-refractivity contribution in [2.24, 2.45) is 11.3 Å². The summed E-state index contributed by atoms with van der Waals surface area (Å²) in [4.78, 5) is 0. The standard InChI is InChI=1S/C18H28ClN/c1-5-9-20-13-18(11-15(12-18)17(2,3)4)14-7-6-8-16(19)10-14/h6-8,10,15,20H,5,9,11-13H2,1-4H3. The largest absolute Gasteiger partial charge is 0.316 e. The van der Waals surface area contributed by atoms with Crippen LogP contribution >= 0.6 is 11.6 Å². The van der Waals surface area contributed by atoms with Crippen molar-refractivity contribution < 1.29 is 0 Å². The summed E-state index contributed by atoms with van der Waals surface area (Å²) in [5.41, 5.74) is 2.11. The lowest BCUT2D eigenvalue weighted by atomic mass is 9.52. The molecule has 2 rings (SSSR count). The number of halogens is 1. The van der Waals surface area contributed by atoms with Crippen LogP contribution in [-0.2, 0) is 5.41 Å². The van der Waals surface area contributed by atoms with Gasteiger partial charge in [-0.3, -0.25) is 0 Å². The molecule has 0 aliphatic heterocycles. The minimum atomic E-state index is 0.290. The average Bonchev–Trinajstić information content (AvgIpc) is 2.30. The van der Waals surface area contributed by atoms with Gasteiger partial charge in [0.15, 0.2) is 0 Å². The van der Waals surface area contributed by atoms with E-state index in [2.05, 4.69) is 51.2 Å². The highest BCUT2D eigenvalue weighted by Crippen LogP contribution is 2.54. The van der Waals surface area contributed by atoms with Crippen molar-refractivity contribution in [2.75, 3.05) is 13.1 Å². The molecule has 0 amide bonds. The fourth-order valence-electron chi connectivity index (χ4n) is 3.30. The van der Waals surface area contributed by atoms with E-state index in [1.54, 1.807) is 0 Å². The van der Waals surface area contributed by atoms with Gasteiger partial charge in [0, 0.05) is 17.0 Å². The molecule has 1 nitrogen and oxygen atoms in total. The Balaban J connectivity index is 2.15. The van der Waals surface area contributed by atoms with Crippen molar-refractivity contribution in [3.8, 4) is 0 Å². The third-order valence-corrected chi connectivity index (χ3v) is 5.06. The lowest BCUT2D eigenvalue weighted by Gasteiger charge is -2.53. The Bertz CT molecular complexity index is 441. The Morgan fingerprint density at radius 2 is 2.00 bits per heavy atom. The van der Waals surface area contributed by atoms with Crippen LogP contribution in [0.3, 0.4) is 0 Å². The second-order valence-corrected chi connectivity index (χ2v) is 7.88. The van der Waals surface area contributed by atoms with Crippen LogP contribution in [0.4, 0.5) is 0 Å². The molecular weight excluding hydrogens is 266 g/mol. The molecule has 2 heteroatoms. The normalized spacial score (nSPS) is 26.4. The van der Waals surface area contributed by atoms with Gasteiger partial charge in [0.25, 0.3) is 0 Å². The SMILES string of the molecule is CCCNCC1(c2cccc(Cl)c2)CC(C(C)(C)C)C1. The van der Waals surface area contributed by atoms with Gasteiger partial charge in [0.05, 0.1) is 0 Å². The van der Waals surface area contributed by atoms with Gasteiger partial charge in [0.2, 0.25) is 0 Å². The first-order valence-corrected chi connectivity index (χ1v) is 8.22. The van der Waals surface area contributed by atoms with Crippen molar-refractivity contribution in [1.82, 2.24) is 5.32 Å². The minimum Gasteiger partial charge on any atom is -0.316 e. The first-order valence-electron chi connectivity index (χ1n) is 7.84. The van der Waals surface area contributed by atoms with Gasteiger partial charge in [-0.2, -0.15) is 0 Å². The molecule has 1 aliphatic carbocycles. The first-order chi connectivity index (χ1) is 9.37. The quantitative estimate of drug-likeness (QED) is 0.751. The number of benzene rings is 1. The molecule has 1 aromatic rings. The van der Waals surface area contributed by atoms with E-state index in [9.17, 15) is 0 Å². The molecule has 1 aromatic carbocycles. The number of nitrogens with one attached hydrogen (secondary N) is 1. The van der Waals surface area contributed by atoms with Crippen molar-refractivity contribution in [2.45, 2.75) is 52.4 Å². The van der Waals surface area contributed by atoms with Gasteiger partial charge in [-0.05, 0) is 54.8 Å². The maximum Gasteiger partial charge on any atom is 0.0408 e. The second-order valence-electron chi connectivity index (χ2n) is 7.44. The highest BCUT2D eigenvalue weighted by molar-refractivity contribution is 6.30. The van der Waals surface area contributed by atoms with Gasteiger partial charge in [0.1, 0.15) is 0 Å². The molecule has 0 saturated heterocycles. The Morgan fingerprint density at radius 1 is 1.30 bits per heavy atom. The fraction of sp³-hybridized carbons (Fsp3) is 0.667. The summed E-state index contributed by atoms with van der Waals surface area (Å²) in [6.07, 6.45) is 3.73. The summed E-state index contributed by atoms with van der Waals surface area (Å²) in [6.45, 7) is 11.5. The van der Waals surface area contributed by atoms with Crippen LogP contribution in [0.2, 0.25) is 5.02 Å². The van der Waals surface area contributed by atoms with Crippen molar-refractivity contribution in [1.29, 1.82) is 0 Å². The van der Waals surface area contributed by atoms with Crippen LogP contribution in [0.15, 0.2) is 24.3 Å². The summed E-state index contributed by atoms with van der Waals surface area (Å²) in [7, 11) is 0.